The molecule has 1 aliphatic rings. The van der Waals surface area contributed by atoms with Crippen LogP contribution in [0.5, 0.6) is 0 Å². The standard InChI is InChI=1S/C16H18N2O3/c19-14(18-8-4-1-5-9-18)10-12-11-6-2-3-7-13(11)17-15(12)16(20)21/h2-3,6-7,17H,1,4-5,8-10H2,(H,20,21)/p-1. The van der Waals surface area contributed by atoms with E-state index >= 15 is 0 Å². The Morgan fingerprint density at radius 3 is 2.57 bits per heavy atom. The number of carbonyl (C=O) groups is 2. The van der Waals surface area contributed by atoms with E-state index < -0.39 is 5.97 Å². The maximum absolute atomic E-state index is 12.4. The van der Waals surface area contributed by atoms with Crippen LogP contribution in [0.3, 0.4) is 0 Å². The zero-order valence-electron chi connectivity index (χ0n) is 11.7. The van der Waals surface area contributed by atoms with Gasteiger partial charge in [0.25, 0.3) is 0 Å². The Balaban J connectivity index is 1.93. The monoisotopic (exact) mass is 285 g/mol. The molecule has 1 N–H and O–H groups in total. The number of piperidine rings is 1. The molecule has 1 saturated heterocycles. The van der Waals surface area contributed by atoms with Gasteiger partial charge in [-0.05, 0) is 30.9 Å². The highest BCUT2D eigenvalue weighted by Crippen LogP contribution is 2.23. The largest absolute Gasteiger partial charge is 0.543 e. The predicted molar refractivity (Wildman–Crippen MR) is 76.8 cm³/mol. The number of para-hydroxylation sites is 1. The minimum absolute atomic E-state index is 0.0121. The van der Waals surface area contributed by atoms with Crippen molar-refractivity contribution in [3.63, 3.8) is 0 Å². The van der Waals surface area contributed by atoms with Gasteiger partial charge in [0, 0.05) is 24.0 Å². The number of hydrogen-bond acceptors (Lipinski definition) is 3. The molecule has 1 aromatic carbocycles. The number of likely N-dealkylation sites (tertiary alicyclic amines) is 1. The molecule has 0 radical (unpaired) electrons. The molecule has 0 aliphatic carbocycles. The summed E-state index contributed by atoms with van der Waals surface area (Å²) >= 11 is 0. The number of H-pyrrole nitrogens is 1. The molecule has 3 rings (SSSR count). The number of benzene rings is 1. The van der Waals surface area contributed by atoms with E-state index in [1.807, 2.05) is 23.1 Å². The molecule has 2 heterocycles. The fraction of sp³-hybridized carbons (Fsp3) is 0.375. The Labute approximate surface area is 122 Å². The number of carboxylic acids is 1. The third-order valence-electron chi connectivity index (χ3n) is 4.05. The highest BCUT2D eigenvalue weighted by atomic mass is 16.4. The van der Waals surface area contributed by atoms with Gasteiger partial charge < -0.3 is 19.8 Å². The molecule has 2 aromatic rings. The van der Waals surface area contributed by atoms with E-state index in [0.717, 1.165) is 43.3 Å². The second-order valence-corrected chi connectivity index (χ2v) is 5.43. The smallest absolute Gasteiger partial charge is 0.227 e. The van der Waals surface area contributed by atoms with E-state index in [4.69, 9.17) is 0 Å². The normalized spacial score (nSPS) is 15.3. The summed E-state index contributed by atoms with van der Waals surface area (Å²) in [6.07, 6.45) is 3.30. The average molecular weight is 285 g/mol. The Morgan fingerprint density at radius 2 is 1.86 bits per heavy atom. The number of amides is 1. The van der Waals surface area contributed by atoms with E-state index in [1.54, 1.807) is 6.07 Å². The lowest BCUT2D eigenvalue weighted by Crippen LogP contribution is -2.37. The van der Waals surface area contributed by atoms with Crippen LogP contribution < -0.4 is 5.11 Å². The van der Waals surface area contributed by atoms with Crippen molar-refractivity contribution in [2.75, 3.05) is 13.1 Å². The van der Waals surface area contributed by atoms with Crippen LogP contribution in [0.1, 0.15) is 35.3 Å². The minimum Gasteiger partial charge on any atom is -0.543 e. The van der Waals surface area contributed by atoms with Crippen LogP contribution in [0.25, 0.3) is 10.9 Å². The van der Waals surface area contributed by atoms with Gasteiger partial charge in [-0.3, -0.25) is 4.79 Å². The number of aromatic nitrogens is 1. The van der Waals surface area contributed by atoms with Crippen LogP contribution in [0, 0.1) is 0 Å². The maximum atomic E-state index is 12.4. The number of rotatable bonds is 3. The molecule has 0 saturated carbocycles. The van der Waals surface area contributed by atoms with Crippen molar-refractivity contribution in [3.8, 4) is 0 Å². The number of nitrogens with one attached hydrogen (secondary N) is 1. The van der Waals surface area contributed by atoms with Crippen LogP contribution in [-0.2, 0) is 11.2 Å². The van der Waals surface area contributed by atoms with Gasteiger partial charge in [-0.15, -0.1) is 0 Å². The summed E-state index contributed by atoms with van der Waals surface area (Å²) in [4.78, 5) is 28.3. The molecule has 0 bridgehead atoms. The summed E-state index contributed by atoms with van der Waals surface area (Å²) in [5.41, 5.74) is 1.26. The fourth-order valence-corrected chi connectivity index (χ4v) is 2.96. The summed E-state index contributed by atoms with van der Waals surface area (Å²) in [6, 6.07) is 7.30. The molecule has 1 aliphatic heterocycles. The summed E-state index contributed by atoms with van der Waals surface area (Å²) in [5.74, 6) is -1.28. The van der Waals surface area contributed by atoms with Crippen LogP contribution in [-0.4, -0.2) is 34.8 Å². The van der Waals surface area contributed by atoms with E-state index in [-0.39, 0.29) is 18.0 Å². The molecular formula is C16H17N2O3-. The molecule has 0 spiro atoms. The van der Waals surface area contributed by atoms with Crippen molar-refractivity contribution in [2.45, 2.75) is 25.7 Å². The number of fused-ring (bicyclic) bond motifs is 1. The molecule has 1 fully saturated rings. The van der Waals surface area contributed by atoms with Crippen molar-refractivity contribution < 1.29 is 14.7 Å². The molecule has 1 amide bonds. The number of nitrogens with zero attached hydrogens (tertiary/aromatic N) is 1. The van der Waals surface area contributed by atoms with E-state index in [2.05, 4.69) is 4.98 Å². The third kappa shape index (κ3) is 2.63. The zero-order valence-corrected chi connectivity index (χ0v) is 11.7. The molecule has 0 unspecified atom stereocenters. The van der Waals surface area contributed by atoms with Crippen LogP contribution in [0.15, 0.2) is 24.3 Å². The van der Waals surface area contributed by atoms with Crippen molar-refractivity contribution >= 4 is 22.8 Å². The van der Waals surface area contributed by atoms with E-state index in [1.165, 1.54) is 0 Å². The molecule has 1 aromatic heterocycles. The van der Waals surface area contributed by atoms with Crippen molar-refractivity contribution in [1.29, 1.82) is 0 Å². The van der Waals surface area contributed by atoms with E-state index in [9.17, 15) is 14.7 Å². The Morgan fingerprint density at radius 1 is 1.14 bits per heavy atom. The first-order valence-corrected chi connectivity index (χ1v) is 7.25. The number of hydrogen-bond donors (Lipinski definition) is 1. The quantitative estimate of drug-likeness (QED) is 0.917. The fourth-order valence-electron chi connectivity index (χ4n) is 2.96. The first-order chi connectivity index (χ1) is 10.2. The Bertz CT molecular complexity index is 684. The van der Waals surface area contributed by atoms with Gasteiger partial charge in [0.15, 0.2) is 0 Å². The first kappa shape index (κ1) is 13.7. The molecule has 5 nitrogen and oxygen atoms in total. The van der Waals surface area contributed by atoms with Gasteiger partial charge in [0.2, 0.25) is 5.91 Å². The molecule has 0 atom stereocenters. The number of carboxylic acid groups (broad SMARTS) is 1. The molecular weight excluding hydrogens is 268 g/mol. The number of aromatic carboxylic acids is 1. The van der Waals surface area contributed by atoms with Gasteiger partial charge in [-0.2, -0.15) is 0 Å². The van der Waals surface area contributed by atoms with Gasteiger partial charge in [-0.1, -0.05) is 18.2 Å². The van der Waals surface area contributed by atoms with Gasteiger partial charge >= 0.3 is 0 Å². The minimum atomic E-state index is -1.27. The lowest BCUT2D eigenvalue weighted by atomic mass is 10.0. The topological polar surface area (TPSA) is 76.2 Å². The second kappa shape index (κ2) is 5.60. The number of aromatic amines is 1. The third-order valence-corrected chi connectivity index (χ3v) is 4.05. The summed E-state index contributed by atoms with van der Waals surface area (Å²) in [5, 5.41) is 12.1. The summed E-state index contributed by atoms with van der Waals surface area (Å²) in [6.45, 7) is 1.53. The van der Waals surface area contributed by atoms with Crippen molar-refractivity contribution in [2.24, 2.45) is 0 Å². The average Bonchev–Trinajstić information content (AvgIpc) is 2.87. The van der Waals surface area contributed by atoms with Crippen LogP contribution in [0.2, 0.25) is 0 Å². The lowest BCUT2D eigenvalue weighted by molar-refractivity contribution is -0.255. The van der Waals surface area contributed by atoms with E-state index in [0.29, 0.717) is 5.56 Å². The van der Waals surface area contributed by atoms with Gasteiger partial charge in [0.1, 0.15) is 0 Å². The van der Waals surface area contributed by atoms with Crippen LogP contribution >= 0.6 is 0 Å². The number of carbonyl (C=O) groups excluding carboxylic acids is 2. The van der Waals surface area contributed by atoms with Crippen molar-refractivity contribution in [1.82, 2.24) is 9.88 Å². The predicted octanol–water partition coefficient (Wildman–Crippen LogP) is 1.09. The maximum Gasteiger partial charge on any atom is 0.227 e. The van der Waals surface area contributed by atoms with Crippen LogP contribution in [0.4, 0.5) is 0 Å². The SMILES string of the molecule is O=C([O-])c1[nH]c2ccccc2c1CC(=O)N1CCCCC1. The summed E-state index contributed by atoms with van der Waals surface area (Å²) in [7, 11) is 0. The van der Waals surface area contributed by atoms with Crippen molar-refractivity contribution in [3.05, 3.63) is 35.5 Å². The Hall–Kier alpha value is -2.30. The molecule has 5 heteroatoms. The van der Waals surface area contributed by atoms with Gasteiger partial charge in [-0.25, -0.2) is 0 Å². The van der Waals surface area contributed by atoms with Gasteiger partial charge in [0.05, 0.1) is 18.1 Å². The molecule has 110 valence electrons. The highest BCUT2D eigenvalue weighted by molar-refractivity contribution is 5.99. The Kier molecular flexibility index (Phi) is 3.64. The second-order valence-electron chi connectivity index (χ2n) is 5.43. The highest BCUT2D eigenvalue weighted by Gasteiger charge is 2.20. The zero-order chi connectivity index (χ0) is 14.8. The summed E-state index contributed by atoms with van der Waals surface area (Å²) < 4.78 is 0. The first-order valence-electron chi connectivity index (χ1n) is 7.25. The lowest BCUT2D eigenvalue weighted by Gasteiger charge is -2.26. The molecule has 21 heavy (non-hydrogen) atoms.